The van der Waals surface area contributed by atoms with E-state index in [1.807, 2.05) is 43.3 Å². The van der Waals surface area contributed by atoms with E-state index >= 15 is 0 Å². The Hall–Kier alpha value is -3.76. The van der Waals surface area contributed by atoms with E-state index in [0.717, 1.165) is 22.4 Å². The number of nitrogens with one attached hydrogen (secondary N) is 2. The lowest BCUT2D eigenvalue weighted by atomic mass is 10.0. The third-order valence-corrected chi connectivity index (χ3v) is 8.50. The number of sulfonamides is 1. The summed E-state index contributed by atoms with van der Waals surface area (Å²) in [5, 5.41) is 6.07. The topological polar surface area (TPSA) is 118 Å². The van der Waals surface area contributed by atoms with Gasteiger partial charge >= 0.3 is 5.97 Å². The van der Waals surface area contributed by atoms with Crippen LogP contribution in [0.15, 0.2) is 78.0 Å². The van der Waals surface area contributed by atoms with Crippen LogP contribution in [0.3, 0.4) is 0 Å². The lowest BCUT2D eigenvalue weighted by Gasteiger charge is -2.25. The molecule has 1 saturated heterocycles. The van der Waals surface area contributed by atoms with Gasteiger partial charge in [-0.15, -0.1) is 0 Å². The molecule has 4 rings (SSSR count). The Morgan fingerprint density at radius 3 is 2.37 bits per heavy atom. The van der Waals surface area contributed by atoms with E-state index in [4.69, 9.17) is 4.74 Å². The number of ether oxygens (including phenoxy) is 1. The maximum Gasteiger partial charge on any atom is 0.328 e. The molecule has 9 nitrogen and oxygen atoms in total. The van der Waals surface area contributed by atoms with Gasteiger partial charge in [0, 0.05) is 37.6 Å². The minimum absolute atomic E-state index is 0.143. The summed E-state index contributed by atoms with van der Waals surface area (Å²) in [7, 11) is -2.59. The van der Waals surface area contributed by atoms with Gasteiger partial charge in [-0.2, -0.15) is 4.31 Å². The van der Waals surface area contributed by atoms with Gasteiger partial charge in [-0.25, -0.2) is 13.2 Å². The molecule has 200 valence electrons. The van der Waals surface area contributed by atoms with Crippen LogP contribution < -0.4 is 10.6 Å². The number of nitrogens with zero attached hydrogens (tertiary/aromatic N) is 2. The molecule has 0 unspecified atom stereocenters. The van der Waals surface area contributed by atoms with Gasteiger partial charge in [-0.3, -0.25) is 9.78 Å². The van der Waals surface area contributed by atoms with Crippen LogP contribution in [0.1, 0.15) is 29.5 Å². The molecule has 0 saturated carbocycles. The Labute approximate surface area is 223 Å². The summed E-state index contributed by atoms with van der Waals surface area (Å²) in [6.07, 6.45) is 4.62. The highest BCUT2D eigenvalue weighted by Crippen LogP contribution is 2.26. The molecule has 1 fully saturated rings. The summed E-state index contributed by atoms with van der Waals surface area (Å²) in [4.78, 5) is 29.9. The van der Waals surface area contributed by atoms with Gasteiger partial charge in [0.05, 0.1) is 12.0 Å². The number of benzene rings is 2. The Morgan fingerprint density at radius 1 is 1.03 bits per heavy atom. The largest absolute Gasteiger partial charge is 0.467 e. The van der Waals surface area contributed by atoms with E-state index in [1.165, 1.54) is 11.4 Å². The van der Waals surface area contributed by atoms with Crippen molar-refractivity contribution in [3.63, 3.8) is 0 Å². The lowest BCUT2D eigenvalue weighted by Crippen LogP contribution is -2.51. The Balaban J connectivity index is 1.42. The predicted octanol–water partition coefficient (Wildman–Crippen LogP) is 3.06. The van der Waals surface area contributed by atoms with Crippen molar-refractivity contribution in [2.75, 3.05) is 19.0 Å². The van der Waals surface area contributed by atoms with E-state index < -0.39 is 34.0 Å². The molecule has 0 spiro atoms. The number of amides is 1. The van der Waals surface area contributed by atoms with Crippen molar-refractivity contribution in [1.29, 1.82) is 0 Å². The number of anilines is 1. The number of rotatable bonds is 10. The van der Waals surface area contributed by atoms with Crippen molar-refractivity contribution >= 4 is 27.6 Å². The average molecular weight is 537 g/mol. The molecule has 2 heterocycles. The SMILES string of the molecule is COC(=O)[C@H](Cc1ccc(NCc2ccncc2)cc1)NC(=O)[C@@H]1CCCN1S(=O)(=O)c1ccc(C)cc1. The molecule has 3 aromatic rings. The van der Waals surface area contributed by atoms with Crippen molar-refractivity contribution in [1.82, 2.24) is 14.6 Å². The van der Waals surface area contributed by atoms with Gasteiger partial charge in [-0.05, 0) is 67.3 Å². The Bertz CT molecular complexity index is 1350. The molecule has 1 amide bonds. The number of aromatic nitrogens is 1. The fraction of sp³-hybridized carbons (Fsp3) is 0.321. The molecule has 38 heavy (non-hydrogen) atoms. The summed E-state index contributed by atoms with van der Waals surface area (Å²) < 4.78 is 32.7. The first-order chi connectivity index (χ1) is 18.3. The third-order valence-electron chi connectivity index (χ3n) is 6.58. The second-order valence-electron chi connectivity index (χ2n) is 9.28. The maximum atomic E-state index is 13.2. The second kappa shape index (κ2) is 12.2. The molecule has 2 N–H and O–H groups in total. The zero-order valence-corrected chi connectivity index (χ0v) is 22.3. The maximum absolute atomic E-state index is 13.2. The second-order valence-corrected chi connectivity index (χ2v) is 11.2. The molecular formula is C28H32N4O5S. The molecule has 1 aliphatic heterocycles. The van der Waals surface area contributed by atoms with Crippen LogP contribution in [0.25, 0.3) is 0 Å². The Morgan fingerprint density at radius 2 is 1.71 bits per heavy atom. The quantitative estimate of drug-likeness (QED) is 0.383. The number of carbonyl (C=O) groups excluding carboxylic acids is 2. The van der Waals surface area contributed by atoms with Crippen LogP contribution in [0.2, 0.25) is 0 Å². The van der Waals surface area contributed by atoms with E-state index in [9.17, 15) is 18.0 Å². The highest BCUT2D eigenvalue weighted by molar-refractivity contribution is 7.89. The van der Waals surface area contributed by atoms with Crippen LogP contribution in [0, 0.1) is 6.92 Å². The number of hydrogen-bond donors (Lipinski definition) is 2. The van der Waals surface area contributed by atoms with Crippen molar-refractivity contribution < 1.29 is 22.7 Å². The molecule has 0 radical (unpaired) electrons. The summed E-state index contributed by atoms with van der Waals surface area (Å²) in [5.74, 6) is -1.10. The molecular weight excluding hydrogens is 504 g/mol. The standard InChI is InChI=1S/C28H32N4O5S/c1-20-5-11-24(12-6-20)38(35,36)32-17-3-4-26(32)27(33)31-25(28(34)37-2)18-21-7-9-23(10-8-21)30-19-22-13-15-29-16-14-22/h5-16,25-26,30H,3-4,17-19H2,1-2H3,(H,31,33)/t25-,26-/m0/s1. The molecule has 2 atom stereocenters. The average Bonchev–Trinajstić information content (AvgIpc) is 3.44. The first kappa shape index (κ1) is 27.3. The van der Waals surface area contributed by atoms with E-state index in [0.29, 0.717) is 19.4 Å². The molecule has 0 aliphatic carbocycles. The number of carbonyl (C=O) groups is 2. The number of esters is 1. The highest BCUT2D eigenvalue weighted by Gasteiger charge is 2.40. The monoisotopic (exact) mass is 536 g/mol. The minimum Gasteiger partial charge on any atom is -0.467 e. The van der Waals surface area contributed by atoms with Crippen LogP contribution in [0.4, 0.5) is 5.69 Å². The zero-order chi connectivity index (χ0) is 27.1. The van der Waals surface area contributed by atoms with E-state index in [1.54, 1.807) is 36.7 Å². The summed E-state index contributed by atoms with van der Waals surface area (Å²) in [5.41, 5.74) is 3.78. The molecule has 1 aromatic heterocycles. The minimum atomic E-state index is -3.85. The van der Waals surface area contributed by atoms with E-state index in [-0.39, 0.29) is 17.9 Å². The van der Waals surface area contributed by atoms with Gasteiger partial charge in [0.1, 0.15) is 12.1 Å². The molecule has 0 bridgehead atoms. The lowest BCUT2D eigenvalue weighted by molar-refractivity contribution is -0.145. The summed E-state index contributed by atoms with van der Waals surface area (Å²) >= 11 is 0. The number of pyridine rings is 1. The van der Waals surface area contributed by atoms with Crippen molar-refractivity contribution in [2.45, 2.75) is 49.7 Å². The van der Waals surface area contributed by atoms with E-state index in [2.05, 4.69) is 15.6 Å². The van der Waals surface area contributed by atoms with Crippen molar-refractivity contribution in [2.24, 2.45) is 0 Å². The fourth-order valence-corrected chi connectivity index (χ4v) is 6.09. The van der Waals surface area contributed by atoms with Gasteiger partial charge in [-0.1, -0.05) is 29.8 Å². The van der Waals surface area contributed by atoms with Crippen LogP contribution in [-0.2, 0) is 37.3 Å². The van der Waals surface area contributed by atoms with Gasteiger partial charge in [0.2, 0.25) is 15.9 Å². The zero-order valence-electron chi connectivity index (χ0n) is 21.5. The van der Waals surface area contributed by atoms with Crippen LogP contribution in [0.5, 0.6) is 0 Å². The normalized spacial score (nSPS) is 16.5. The first-order valence-corrected chi connectivity index (χ1v) is 13.9. The fourth-order valence-electron chi connectivity index (χ4n) is 4.44. The van der Waals surface area contributed by atoms with Crippen molar-refractivity contribution in [3.8, 4) is 0 Å². The smallest absolute Gasteiger partial charge is 0.328 e. The predicted molar refractivity (Wildman–Crippen MR) is 144 cm³/mol. The summed E-state index contributed by atoms with van der Waals surface area (Å²) in [6.45, 7) is 2.76. The van der Waals surface area contributed by atoms with Crippen molar-refractivity contribution in [3.05, 3.63) is 89.7 Å². The van der Waals surface area contributed by atoms with Crippen LogP contribution in [-0.4, -0.2) is 55.3 Å². The summed E-state index contributed by atoms with van der Waals surface area (Å²) in [6, 6.07) is 16.1. The number of aryl methyl sites for hydroxylation is 1. The molecule has 2 aromatic carbocycles. The van der Waals surface area contributed by atoms with Gasteiger partial charge in [0.15, 0.2) is 0 Å². The van der Waals surface area contributed by atoms with Gasteiger partial charge in [0.25, 0.3) is 0 Å². The Kier molecular flexibility index (Phi) is 8.75. The number of hydrogen-bond acceptors (Lipinski definition) is 7. The van der Waals surface area contributed by atoms with Gasteiger partial charge < -0.3 is 15.4 Å². The first-order valence-electron chi connectivity index (χ1n) is 12.5. The molecule has 1 aliphatic rings. The molecule has 10 heteroatoms. The third kappa shape index (κ3) is 6.56. The van der Waals surface area contributed by atoms with Crippen LogP contribution >= 0.6 is 0 Å². The highest BCUT2D eigenvalue weighted by atomic mass is 32.2. The number of methoxy groups -OCH3 is 1.